The molecule has 2 aliphatic rings. The van der Waals surface area contributed by atoms with Gasteiger partial charge in [-0.1, -0.05) is 31.6 Å². The number of allylic oxidation sites excluding steroid dienone is 3. The SMILES string of the molecule is COC(=O)C1=CCC[C@H]2C(=CC[C@@H](C)[C@]2(C)CCc2ccoc2)C1. The summed E-state index contributed by atoms with van der Waals surface area (Å²) in [5, 5.41) is 0. The van der Waals surface area contributed by atoms with Crippen molar-refractivity contribution in [2.75, 3.05) is 7.11 Å². The molecule has 1 heterocycles. The summed E-state index contributed by atoms with van der Waals surface area (Å²) in [4.78, 5) is 12.0. The van der Waals surface area contributed by atoms with E-state index in [1.807, 2.05) is 6.26 Å². The quantitative estimate of drug-likeness (QED) is 0.571. The van der Waals surface area contributed by atoms with Crippen LogP contribution in [0.15, 0.2) is 46.3 Å². The van der Waals surface area contributed by atoms with Crippen LogP contribution in [0.4, 0.5) is 0 Å². The third kappa shape index (κ3) is 3.22. The van der Waals surface area contributed by atoms with Crippen molar-refractivity contribution in [3.63, 3.8) is 0 Å². The summed E-state index contributed by atoms with van der Waals surface area (Å²) in [6.07, 6.45) is 14.2. The molecule has 3 heteroatoms. The predicted octanol–water partition coefficient (Wildman–Crippen LogP) is 5.08. The van der Waals surface area contributed by atoms with E-state index in [2.05, 4.69) is 32.1 Å². The molecular formula is C21H28O3. The maximum atomic E-state index is 12.0. The fourth-order valence-electron chi connectivity index (χ4n) is 4.49. The summed E-state index contributed by atoms with van der Waals surface area (Å²) < 4.78 is 10.2. The molecule has 1 aromatic heterocycles. The van der Waals surface area contributed by atoms with Gasteiger partial charge in [0, 0.05) is 12.0 Å². The van der Waals surface area contributed by atoms with Crippen LogP contribution in [-0.4, -0.2) is 13.1 Å². The molecule has 0 fully saturated rings. The van der Waals surface area contributed by atoms with Crippen LogP contribution >= 0.6 is 0 Å². The summed E-state index contributed by atoms with van der Waals surface area (Å²) in [6, 6.07) is 2.07. The molecule has 0 N–H and O–H groups in total. The lowest BCUT2D eigenvalue weighted by molar-refractivity contribution is -0.136. The molecule has 3 nitrogen and oxygen atoms in total. The van der Waals surface area contributed by atoms with Crippen LogP contribution < -0.4 is 0 Å². The van der Waals surface area contributed by atoms with Crippen molar-refractivity contribution in [2.24, 2.45) is 17.3 Å². The molecular weight excluding hydrogens is 300 g/mol. The number of carbonyl (C=O) groups excluding carboxylic acids is 1. The predicted molar refractivity (Wildman–Crippen MR) is 94.4 cm³/mol. The second kappa shape index (κ2) is 7.00. The number of methoxy groups -OCH3 is 1. The van der Waals surface area contributed by atoms with Gasteiger partial charge in [-0.2, -0.15) is 0 Å². The van der Waals surface area contributed by atoms with Crippen molar-refractivity contribution in [1.82, 2.24) is 0 Å². The number of aryl methyl sites for hydroxylation is 1. The summed E-state index contributed by atoms with van der Waals surface area (Å²) in [6.45, 7) is 4.82. The van der Waals surface area contributed by atoms with Gasteiger partial charge in [-0.05, 0) is 61.0 Å². The maximum absolute atomic E-state index is 12.0. The third-order valence-corrected chi connectivity index (χ3v) is 6.32. The van der Waals surface area contributed by atoms with Gasteiger partial charge in [0.2, 0.25) is 0 Å². The summed E-state index contributed by atoms with van der Waals surface area (Å²) in [5.74, 6) is 1.03. The highest BCUT2D eigenvalue weighted by Gasteiger charge is 2.43. The van der Waals surface area contributed by atoms with Crippen LogP contribution in [0, 0.1) is 17.3 Å². The first-order chi connectivity index (χ1) is 11.5. The van der Waals surface area contributed by atoms with Gasteiger partial charge in [-0.3, -0.25) is 0 Å². The van der Waals surface area contributed by atoms with E-state index in [0.717, 1.165) is 44.1 Å². The number of carbonyl (C=O) groups is 1. The first kappa shape index (κ1) is 17.1. The lowest BCUT2D eigenvalue weighted by Crippen LogP contribution is -2.38. The summed E-state index contributed by atoms with van der Waals surface area (Å²) in [7, 11) is 1.47. The molecule has 0 spiro atoms. The number of furan rings is 1. The minimum Gasteiger partial charge on any atom is -0.472 e. The van der Waals surface area contributed by atoms with Gasteiger partial charge in [0.05, 0.1) is 19.6 Å². The second-order valence-electron chi connectivity index (χ2n) is 7.58. The van der Waals surface area contributed by atoms with Crippen molar-refractivity contribution in [3.8, 4) is 0 Å². The molecule has 0 saturated heterocycles. The minimum absolute atomic E-state index is 0.171. The zero-order chi connectivity index (χ0) is 17.2. The Labute approximate surface area is 144 Å². The zero-order valence-corrected chi connectivity index (χ0v) is 15.0. The Hall–Kier alpha value is -1.77. The van der Waals surface area contributed by atoms with E-state index < -0.39 is 0 Å². The van der Waals surface area contributed by atoms with Gasteiger partial charge in [-0.15, -0.1) is 0 Å². The topological polar surface area (TPSA) is 39.4 Å². The van der Waals surface area contributed by atoms with Gasteiger partial charge in [0.1, 0.15) is 0 Å². The highest BCUT2D eigenvalue weighted by atomic mass is 16.5. The number of rotatable bonds is 4. The lowest BCUT2D eigenvalue weighted by atomic mass is 9.58. The molecule has 0 saturated carbocycles. The summed E-state index contributed by atoms with van der Waals surface area (Å²) in [5.41, 5.74) is 3.82. The first-order valence-corrected chi connectivity index (χ1v) is 9.02. The van der Waals surface area contributed by atoms with Crippen LogP contribution in [-0.2, 0) is 16.0 Å². The summed E-state index contributed by atoms with van der Waals surface area (Å²) >= 11 is 0. The van der Waals surface area contributed by atoms with Gasteiger partial charge in [0.25, 0.3) is 0 Å². The molecule has 24 heavy (non-hydrogen) atoms. The Kier molecular flexibility index (Phi) is 4.98. The van der Waals surface area contributed by atoms with E-state index in [1.54, 1.807) is 6.26 Å². The molecule has 2 aliphatic carbocycles. The van der Waals surface area contributed by atoms with Crippen molar-refractivity contribution in [3.05, 3.63) is 47.5 Å². The van der Waals surface area contributed by atoms with E-state index in [1.165, 1.54) is 18.2 Å². The van der Waals surface area contributed by atoms with Gasteiger partial charge in [0.15, 0.2) is 0 Å². The van der Waals surface area contributed by atoms with Crippen LogP contribution in [0.5, 0.6) is 0 Å². The second-order valence-corrected chi connectivity index (χ2v) is 7.58. The fraction of sp³-hybridized carbons (Fsp3) is 0.571. The molecule has 0 radical (unpaired) electrons. The lowest BCUT2D eigenvalue weighted by Gasteiger charge is -2.47. The highest BCUT2D eigenvalue weighted by Crippen LogP contribution is 2.52. The van der Waals surface area contributed by atoms with E-state index >= 15 is 0 Å². The Morgan fingerprint density at radius 3 is 2.96 bits per heavy atom. The van der Waals surface area contributed by atoms with Crippen LogP contribution in [0.25, 0.3) is 0 Å². The Morgan fingerprint density at radius 2 is 2.25 bits per heavy atom. The average molecular weight is 328 g/mol. The van der Waals surface area contributed by atoms with Crippen LogP contribution in [0.3, 0.4) is 0 Å². The van der Waals surface area contributed by atoms with E-state index in [9.17, 15) is 4.79 Å². The van der Waals surface area contributed by atoms with Crippen molar-refractivity contribution >= 4 is 5.97 Å². The van der Waals surface area contributed by atoms with Gasteiger partial charge < -0.3 is 9.15 Å². The van der Waals surface area contributed by atoms with Gasteiger partial charge >= 0.3 is 5.97 Å². The Morgan fingerprint density at radius 1 is 1.42 bits per heavy atom. The molecule has 0 amide bonds. The van der Waals surface area contributed by atoms with Crippen molar-refractivity contribution in [2.45, 2.75) is 52.4 Å². The zero-order valence-electron chi connectivity index (χ0n) is 15.0. The number of fused-ring (bicyclic) bond motifs is 1. The standard InChI is InChI=1S/C21H28O3/c1-15-7-8-17-13-18(20(22)23-3)5-4-6-19(17)21(15,2)11-9-16-10-12-24-14-16/h5,8,10,12,14-15,19H,4,6-7,9,11,13H2,1-3H3/t15-,19+,21+/m1/s1. The van der Waals surface area contributed by atoms with E-state index in [0.29, 0.717) is 11.8 Å². The number of esters is 1. The Bertz CT molecular complexity index is 638. The van der Waals surface area contributed by atoms with Crippen LogP contribution in [0.2, 0.25) is 0 Å². The van der Waals surface area contributed by atoms with Crippen LogP contribution in [0.1, 0.15) is 51.5 Å². The highest BCUT2D eigenvalue weighted by molar-refractivity contribution is 5.89. The van der Waals surface area contributed by atoms with Gasteiger partial charge in [-0.25, -0.2) is 4.79 Å². The molecule has 1 aromatic rings. The van der Waals surface area contributed by atoms with E-state index in [-0.39, 0.29) is 11.4 Å². The maximum Gasteiger partial charge on any atom is 0.333 e. The monoisotopic (exact) mass is 328 g/mol. The molecule has 3 atom stereocenters. The average Bonchev–Trinajstić information content (AvgIpc) is 3.01. The minimum atomic E-state index is -0.171. The molecule has 0 aliphatic heterocycles. The smallest absolute Gasteiger partial charge is 0.333 e. The number of ether oxygens (including phenoxy) is 1. The molecule has 0 unspecified atom stereocenters. The molecule has 0 bridgehead atoms. The largest absolute Gasteiger partial charge is 0.472 e. The molecule has 0 aromatic carbocycles. The number of hydrogen-bond acceptors (Lipinski definition) is 3. The molecule has 130 valence electrons. The third-order valence-electron chi connectivity index (χ3n) is 6.32. The molecule has 3 rings (SSSR count). The van der Waals surface area contributed by atoms with Crippen molar-refractivity contribution < 1.29 is 13.9 Å². The first-order valence-electron chi connectivity index (χ1n) is 9.02. The Balaban J connectivity index is 1.79. The normalized spacial score (nSPS) is 30.0. The fourth-order valence-corrected chi connectivity index (χ4v) is 4.49. The van der Waals surface area contributed by atoms with Crippen molar-refractivity contribution in [1.29, 1.82) is 0 Å². The number of hydrogen-bond donors (Lipinski definition) is 0. The van der Waals surface area contributed by atoms with E-state index in [4.69, 9.17) is 9.15 Å².